The highest BCUT2D eigenvalue weighted by Crippen LogP contribution is 2.23. The van der Waals surface area contributed by atoms with Crippen LogP contribution in [0.5, 0.6) is 0 Å². The van der Waals surface area contributed by atoms with E-state index in [1.807, 2.05) is 6.08 Å². The van der Waals surface area contributed by atoms with E-state index in [2.05, 4.69) is 55.6 Å². The van der Waals surface area contributed by atoms with E-state index < -0.39 is 49.5 Å². The van der Waals surface area contributed by atoms with E-state index in [4.69, 9.17) is 9.47 Å². The van der Waals surface area contributed by atoms with Crippen molar-refractivity contribution in [2.45, 2.75) is 294 Å². The Bertz CT molecular complexity index is 1170. The van der Waals surface area contributed by atoms with Crippen LogP contribution in [0, 0.1) is 0 Å². The molecule has 9 heteroatoms. The Hall–Kier alpha value is -1.85. The summed E-state index contributed by atoms with van der Waals surface area (Å²) in [6.07, 6.45) is 54.6. The second-order valence-corrected chi connectivity index (χ2v) is 19.4. The van der Waals surface area contributed by atoms with Crippen LogP contribution in [0.15, 0.2) is 48.6 Å². The van der Waals surface area contributed by atoms with Gasteiger partial charge in [0.1, 0.15) is 24.4 Å². The maximum atomic E-state index is 13.0. The highest BCUT2D eigenvalue weighted by atomic mass is 16.7. The first-order valence-corrected chi connectivity index (χ1v) is 27.9. The molecule has 0 bridgehead atoms. The predicted molar refractivity (Wildman–Crippen MR) is 276 cm³/mol. The standard InChI is InChI=1S/C57H105NO8/c1-3-5-7-9-11-13-15-17-19-20-21-22-23-24-25-26-27-28-29-30-31-32-33-35-37-39-41-43-45-47-53(61)58-50(49-65-57-56(64)55(63)54(62)52(48-59)66-57)51(60)46-44-42-40-38-36-34-18-16-14-12-10-8-6-4-2/h15,17,20-21,23-24,44,46,50-52,54-57,59-60,62-64H,3-14,16,18-19,22,25-43,45,47-49H2,1-2H3,(H,58,61)/b17-15-,21-20-,24-23-,46-44+. The summed E-state index contributed by atoms with van der Waals surface area (Å²) >= 11 is 0. The van der Waals surface area contributed by atoms with Crippen LogP contribution < -0.4 is 5.32 Å². The van der Waals surface area contributed by atoms with Crippen LogP contribution in [0.2, 0.25) is 0 Å². The Morgan fingerprint density at radius 1 is 0.515 bits per heavy atom. The minimum atomic E-state index is -1.57. The van der Waals surface area contributed by atoms with Gasteiger partial charge >= 0.3 is 0 Å². The molecular formula is C57H105NO8. The van der Waals surface area contributed by atoms with Crippen molar-refractivity contribution in [2.75, 3.05) is 13.2 Å². The quantitative estimate of drug-likeness (QED) is 0.0261. The number of ether oxygens (including phenoxy) is 2. The lowest BCUT2D eigenvalue weighted by molar-refractivity contribution is -0.302. The molecule has 0 radical (unpaired) electrons. The first-order chi connectivity index (χ1) is 32.3. The number of allylic oxidation sites excluding steroid dienone is 7. The molecule has 7 atom stereocenters. The van der Waals surface area contributed by atoms with Gasteiger partial charge in [0.05, 0.1) is 25.4 Å². The number of aliphatic hydroxyl groups excluding tert-OH is 5. The molecule has 7 unspecified atom stereocenters. The van der Waals surface area contributed by atoms with E-state index in [9.17, 15) is 30.3 Å². The van der Waals surface area contributed by atoms with Gasteiger partial charge in [0.15, 0.2) is 6.29 Å². The lowest BCUT2D eigenvalue weighted by Gasteiger charge is -2.40. The Morgan fingerprint density at radius 3 is 1.32 bits per heavy atom. The van der Waals surface area contributed by atoms with Gasteiger partial charge in [0.25, 0.3) is 0 Å². The molecule has 6 N–H and O–H groups in total. The van der Waals surface area contributed by atoms with Crippen LogP contribution in [0.1, 0.15) is 251 Å². The molecule has 1 heterocycles. The summed E-state index contributed by atoms with van der Waals surface area (Å²) in [6.45, 7) is 3.77. The molecule has 9 nitrogen and oxygen atoms in total. The summed E-state index contributed by atoms with van der Waals surface area (Å²) in [5.74, 6) is -0.177. The molecule has 0 aromatic rings. The SMILES string of the molecule is CCCCCCC/C=C\C/C=C\C/C=C\CCCCCCCCCCCCCCCCC(=O)NC(COC1OC(CO)C(O)C(O)C1O)C(O)/C=C/CCCCCCCCCCCCCC. The third-order valence-corrected chi connectivity index (χ3v) is 13.1. The van der Waals surface area contributed by atoms with E-state index in [1.165, 1.54) is 180 Å². The van der Waals surface area contributed by atoms with E-state index >= 15 is 0 Å². The number of carbonyl (C=O) groups is 1. The van der Waals surface area contributed by atoms with Crippen molar-refractivity contribution in [2.24, 2.45) is 0 Å². The Labute approximate surface area is 405 Å². The maximum Gasteiger partial charge on any atom is 0.220 e. The molecule has 0 aromatic carbocycles. The lowest BCUT2D eigenvalue weighted by Crippen LogP contribution is -2.60. The highest BCUT2D eigenvalue weighted by molar-refractivity contribution is 5.76. The second kappa shape index (κ2) is 46.9. The van der Waals surface area contributed by atoms with Crippen LogP contribution in [-0.2, 0) is 14.3 Å². The molecule has 66 heavy (non-hydrogen) atoms. The minimum absolute atomic E-state index is 0.177. The molecule has 0 aliphatic carbocycles. The van der Waals surface area contributed by atoms with Crippen LogP contribution in [0.4, 0.5) is 0 Å². The Morgan fingerprint density at radius 2 is 0.894 bits per heavy atom. The van der Waals surface area contributed by atoms with Crippen molar-refractivity contribution < 1.29 is 39.8 Å². The molecule has 0 saturated carbocycles. The summed E-state index contributed by atoms with van der Waals surface area (Å²) in [5.41, 5.74) is 0. The predicted octanol–water partition coefficient (Wildman–Crippen LogP) is 13.3. The number of nitrogens with one attached hydrogen (secondary N) is 1. The van der Waals surface area contributed by atoms with Gasteiger partial charge in [-0.2, -0.15) is 0 Å². The van der Waals surface area contributed by atoms with Crippen LogP contribution in [0.25, 0.3) is 0 Å². The van der Waals surface area contributed by atoms with Crippen molar-refractivity contribution in [3.63, 3.8) is 0 Å². The van der Waals surface area contributed by atoms with Gasteiger partial charge in [-0.1, -0.05) is 236 Å². The van der Waals surface area contributed by atoms with Gasteiger partial charge in [-0.05, 0) is 57.8 Å². The monoisotopic (exact) mass is 932 g/mol. The number of hydrogen-bond donors (Lipinski definition) is 6. The van der Waals surface area contributed by atoms with Crippen LogP contribution in [-0.4, -0.2) is 87.5 Å². The van der Waals surface area contributed by atoms with Gasteiger partial charge in [0, 0.05) is 6.42 Å². The third kappa shape index (κ3) is 36.2. The smallest absolute Gasteiger partial charge is 0.220 e. The van der Waals surface area contributed by atoms with Crippen molar-refractivity contribution in [1.29, 1.82) is 0 Å². The largest absolute Gasteiger partial charge is 0.394 e. The number of carbonyl (C=O) groups excluding carboxylic acids is 1. The fourth-order valence-electron chi connectivity index (χ4n) is 8.69. The fourth-order valence-corrected chi connectivity index (χ4v) is 8.69. The average Bonchev–Trinajstić information content (AvgIpc) is 3.32. The molecule has 0 spiro atoms. The van der Waals surface area contributed by atoms with Crippen LogP contribution in [0.3, 0.4) is 0 Å². The molecule has 0 aromatic heterocycles. The van der Waals surface area contributed by atoms with Crippen molar-refractivity contribution in [3.05, 3.63) is 48.6 Å². The topological polar surface area (TPSA) is 149 Å². The summed E-state index contributed by atoms with van der Waals surface area (Å²) < 4.78 is 11.2. The van der Waals surface area contributed by atoms with Gasteiger partial charge < -0.3 is 40.3 Å². The zero-order chi connectivity index (χ0) is 48.0. The number of hydrogen-bond acceptors (Lipinski definition) is 8. The average molecular weight is 932 g/mol. The third-order valence-electron chi connectivity index (χ3n) is 13.1. The zero-order valence-corrected chi connectivity index (χ0v) is 42.7. The molecular weight excluding hydrogens is 827 g/mol. The number of amides is 1. The van der Waals surface area contributed by atoms with E-state index in [0.29, 0.717) is 6.42 Å². The first kappa shape index (κ1) is 62.2. The van der Waals surface area contributed by atoms with Crippen molar-refractivity contribution >= 4 is 5.91 Å². The van der Waals surface area contributed by atoms with Crippen molar-refractivity contribution in [3.8, 4) is 0 Å². The maximum absolute atomic E-state index is 13.0. The number of unbranched alkanes of at least 4 members (excludes halogenated alkanes) is 31. The normalized spacial score (nSPS) is 20.1. The first-order valence-electron chi connectivity index (χ1n) is 27.9. The number of aliphatic hydroxyl groups is 5. The van der Waals surface area contributed by atoms with E-state index in [1.54, 1.807) is 6.08 Å². The van der Waals surface area contributed by atoms with Gasteiger partial charge in [-0.15, -0.1) is 0 Å². The Kier molecular flexibility index (Phi) is 44.1. The summed E-state index contributed by atoms with van der Waals surface area (Å²) in [4.78, 5) is 13.0. The Balaban J connectivity index is 2.19. The minimum Gasteiger partial charge on any atom is -0.394 e. The summed E-state index contributed by atoms with van der Waals surface area (Å²) in [7, 11) is 0. The van der Waals surface area contributed by atoms with Gasteiger partial charge in [-0.25, -0.2) is 0 Å². The molecule has 1 rings (SSSR count). The van der Waals surface area contributed by atoms with Crippen LogP contribution >= 0.6 is 0 Å². The summed E-state index contributed by atoms with van der Waals surface area (Å²) in [5, 5.41) is 54.4. The van der Waals surface area contributed by atoms with Gasteiger partial charge in [0.2, 0.25) is 5.91 Å². The zero-order valence-electron chi connectivity index (χ0n) is 42.7. The molecule has 1 fully saturated rings. The van der Waals surface area contributed by atoms with E-state index in [0.717, 1.165) is 51.4 Å². The molecule has 1 aliphatic heterocycles. The number of rotatable bonds is 47. The van der Waals surface area contributed by atoms with Gasteiger partial charge in [-0.3, -0.25) is 4.79 Å². The highest BCUT2D eigenvalue weighted by Gasteiger charge is 2.44. The fraction of sp³-hybridized carbons (Fsp3) is 0.842. The van der Waals surface area contributed by atoms with Crippen molar-refractivity contribution in [1.82, 2.24) is 5.32 Å². The second-order valence-electron chi connectivity index (χ2n) is 19.4. The summed E-state index contributed by atoms with van der Waals surface area (Å²) in [6, 6.07) is -0.805. The molecule has 1 aliphatic rings. The lowest BCUT2D eigenvalue weighted by atomic mass is 9.99. The molecule has 1 saturated heterocycles. The van der Waals surface area contributed by atoms with E-state index in [-0.39, 0.29) is 12.5 Å². The molecule has 386 valence electrons. The molecule has 1 amide bonds.